The van der Waals surface area contributed by atoms with E-state index in [0.717, 1.165) is 6.42 Å². The standard InChI is InChI=1S/C22H28N2O3/c1-5-20(25)23-17-9-11-18(12-10-17)24-21(26)15-27-19-13-7-16(8-14-19)22(3,4)6-2/h7-14H,5-6,15H2,1-4H3,(H,23,25)(H,24,26). The lowest BCUT2D eigenvalue weighted by Crippen LogP contribution is -2.20. The third-order valence-corrected chi connectivity index (χ3v) is 4.66. The number of nitrogens with one attached hydrogen (secondary N) is 2. The van der Waals surface area contributed by atoms with Gasteiger partial charge in [-0.05, 0) is 53.8 Å². The molecule has 0 atom stereocenters. The number of rotatable bonds is 8. The van der Waals surface area contributed by atoms with Crippen LogP contribution in [-0.4, -0.2) is 18.4 Å². The zero-order valence-corrected chi connectivity index (χ0v) is 16.5. The predicted molar refractivity (Wildman–Crippen MR) is 109 cm³/mol. The molecule has 2 aromatic carbocycles. The van der Waals surface area contributed by atoms with E-state index < -0.39 is 0 Å². The van der Waals surface area contributed by atoms with Gasteiger partial charge in [0.2, 0.25) is 5.91 Å². The average Bonchev–Trinajstić information content (AvgIpc) is 2.68. The quantitative estimate of drug-likeness (QED) is 0.707. The molecule has 0 aliphatic rings. The van der Waals surface area contributed by atoms with Crippen molar-refractivity contribution in [2.24, 2.45) is 0 Å². The van der Waals surface area contributed by atoms with E-state index in [4.69, 9.17) is 4.74 Å². The summed E-state index contributed by atoms with van der Waals surface area (Å²) < 4.78 is 5.56. The van der Waals surface area contributed by atoms with Gasteiger partial charge in [0.1, 0.15) is 5.75 Å². The first-order valence-corrected chi connectivity index (χ1v) is 9.27. The molecule has 27 heavy (non-hydrogen) atoms. The summed E-state index contributed by atoms with van der Waals surface area (Å²) in [4.78, 5) is 23.4. The van der Waals surface area contributed by atoms with Gasteiger partial charge in [-0.1, -0.05) is 39.8 Å². The van der Waals surface area contributed by atoms with Gasteiger partial charge < -0.3 is 15.4 Å². The summed E-state index contributed by atoms with van der Waals surface area (Å²) in [5.74, 6) is 0.380. The van der Waals surface area contributed by atoms with Crippen LogP contribution in [0.15, 0.2) is 48.5 Å². The molecule has 0 spiro atoms. The molecule has 0 heterocycles. The fraction of sp³-hybridized carbons (Fsp3) is 0.364. The summed E-state index contributed by atoms with van der Waals surface area (Å²) in [6.45, 7) is 8.30. The number of carbonyl (C=O) groups is 2. The SMILES string of the molecule is CCC(=O)Nc1ccc(NC(=O)COc2ccc(C(C)(C)CC)cc2)cc1. The van der Waals surface area contributed by atoms with Crippen LogP contribution in [-0.2, 0) is 15.0 Å². The van der Waals surface area contributed by atoms with Crippen LogP contribution in [0.2, 0.25) is 0 Å². The zero-order valence-electron chi connectivity index (χ0n) is 16.5. The lowest BCUT2D eigenvalue weighted by atomic mass is 9.82. The normalized spacial score (nSPS) is 11.0. The zero-order chi connectivity index (χ0) is 19.9. The maximum absolute atomic E-state index is 12.1. The molecule has 0 bridgehead atoms. The third-order valence-electron chi connectivity index (χ3n) is 4.66. The van der Waals surface area contributed by atoms with Crippen molar-refractivity contribution in [1.29, 1.82) is 0 Å². The summed E-state index contributed by atoms with van der Waals surface area (Å²) in [6, 6.07) is 14.8. The second kappa shape index (κ2) is 9.21. The Bertz CT molecular complexity index is 765. The number of ether oxygens (including phenoxy) is 1. The minimum absolute atomic E-state index is 0.0477. The molecule has 0 fully saturated rings. The summed E-state index contributed by atoms with van der Waals surface area (Å²) >= 11 is 0. The number of benzene rings is 2. The third kappa shape index (κ3) is 6.13. The Morgan fingerprint density at radius 1 is 0.852 bits per heavy atom. The van der Waals surface area contributed by atoms with Gasteiger partial charge in [0.05, 0.1) is 0 Å². The first-order valence-electron chi connectivity index (χ1n) is 9.27. The van der Waals surface area contributed by atoms with Gasteiger partial charge in [-0.3, -0.25) is 9.59 Å². The number of anilines is 2. The highest BCUT2D eigenvalue weighted by Gasteiger charge is 2.17. The van der Waals surface area contributed by atoms with Gasteiger partial charge in [-0.15, -0.1) is 0 Å². The minimum atomic E-state index is -0.238. The molecule has 0 saturated heterocycles. The fourth-order valence-corrected chi connectivity index (χ4v) is 2.44. The monoisotopic (exact) mass is 368 g/mol. The van der Waals surface area contributed by atoms with Crippen molar-refractivity contribution in [1.82, 2.24) is 0 Å². The van der Waals surface area contributed by atoms with E-state index >= 15 is 0 Å². The van der Waals surface area contributed by atoms with Crippen LogP contribution >= 0.6 is 0 Å². The Morgan fingerprint density at radius 3 is 1.85 bits per heavy atom. The Hall–Kier alpha value is -2.82. The van der Waals surface area contributed by atoms with Gasteiger partial charge in [0, 0.05) is 17.8 Å². The summed E-state index contributed by atoms with van der Waals surface area (Å²) in [6.07, 6.45) is 1.48. The molecule has 0 saturated carbocycles. The van der Waals surface area contributed by atoms with Crippen molar-refractivity contribution in [3.05, 3.63) is 54.1 Å². The Balaban J connectivity index is 1.84. The molecule has 2 amide bonds. The number of hydrogen-bond acceptors (Lipinski definition) is 3. The second-order valence-corrected chi connectivity index (χ2v) is 7.08. The van der Waals surface area contributed by atoms with Crippen LogP contribution in [0.1, 0.15) is 46.1 Å². The Labute approximate surface area is 161 Å². The van der Waals surface area contributed by atoms with Gasteiger partial charge >= 0.3 is 0 Å². The molecule has 144 valence electrons. The van der Waals surface area contributed by atoms with Crippen molar-refractivity contribution >= 4 is 23.2 Å². The van der Waals surface area contributed by atoms with E-state index in [1.807, 2.05) is 24.3 Å². The fourth-order valence-electron chi connectivity index (χ4n) is 2.44. The molecule has 5 heteroatoms. The molecule has 0 radical (unpaired) electrons. The van der Waals surface area contributed by atoms with Crippen molar-refractivity contribution < 1.29 is 14.3 Å². The minimum Gasteiger partial charge on any atom is -0.484 e. The van der Waals surface area contributed by atoms with Gasteiger partial charge in [-0.25, -0.2) is 0 Å². The van der Waals surface area contributed by atoms with Crippen molar-refractivity contribution in [3.63, 3.8) is 0 Å². The first kappa shape index (κ1) is 20.5. The van der Waals surface area contributed by atoms with E-state index in [9.17, 15) is 9.59 Å². The molecule has 2 rings (SSSR count). The van der Waals surface area contributed by atoms with Crippen LogP contribution in [0.3, 0.4) is 0 Å². The van der Waals surface area contributed by atoms with E-state index in [1.54, 1.807) is 31.2 Å². The summed E-state index contributed by atoms with van der Waals surface area (Å²) in [7, 11) is 0. The van der Waals surface area contributed by atoms with Crippen LogP contribution in [0.4, 0.5) is 11.4 Å². The predicted octanol–water partition coefficient (Wildman–Crippen LogP) is 4.74. The largest absolute Gasteiger partial charge is 0.484 e. The van der Waals surface area contributed by atoms with Gasteiger partial charge in [0.25, 0.3) is 5.91 Å². The van der Waals surface area contributed by atoms with Crippen molar-refractivity contribution in [2.45, 2.75) is 46.0 Å². The highest BCUT2D eigenvalue weighted by atomic mass is 16.5. The van der Waals surface area contributed by atoms with Crippen molar-refractivity contribution in [2.75, 3.05) is 17.2 Å². The smallest absolute Gasteiger partial charge is 0.262 e. The first-order chi connectivity index (χ1) is 12.8. The topological polar surface area (TPSA) is 67.4 Å². The van der Waals surface area contributed by atoms with Crippen LogP contribution in [0.25, 0.3) is 0 Å². The molecule has 5 nitrogen and oxygen atoms in total. The maximum Gasteiger partial charge on any atom is 0.262 e. The summed E-state index contributed by atoms with van der Waals surface area (Å²) in [5, 5.41) is 5.54. The molecule has 0 unspecified atom stereocenters. The average molecular weight is 368 g/mol. The molecule has 0 aromatic heterocycles. The summed E-state index contributed by atoms with van der Waals surface area (Å²) in [5.41, 5.74) is 2.72. The van der Waals surface area contributed by atoms with Gasteiger partial charge in [-0.2, -0.15) is 0 Å². The lowest BCUT2D eigenvalue weighted by molar-refractivity contribution is -0.118. The number of hydrogen-bond donors (Lipinski definition) is 2. The lowest BCUT2D eigenvalue weighted by Gasteiger charge is -2.23. The van der Waals surface area contributed by atoms with E-state index in [-0.39, 0.29) is 23.8 Å². The molecule has 0 aliphatic heterocycles. The molecular formula is C22H28N2O3. The van der Waals surface area contributed by atoms with Crippen LogP contribution < -0.4 is 15.4 Å². The molecule has 0 aliphatic carbocycles. The van der Waals surface area contributed by atoms with E-state index in [1.165, 1.54) is 5.56 Å². The number of carbonyl (C=O) groups excluding carboxylic acids is 2. The second-order valence-electron chi connectivity index (χ2n) is 7.08. The maximum atomic E-state index is 12.1. The Kier molecular flexibility index (Phi) is 6.99. The van der Waals surface area contributed by atoms with E-state index in [0.29, 0.717) is 23.5 Å². The van der Waals surface area contributed by atoms with Gasteiger partial charge in [0.15, 0.2) is 6.61 Å². The molecular weight excluding hydrogens is 340 g/mol. The highest BCUT2D eigenvalue weighted by Crippen LogP contribution is 2.28. The van der Waals surface area contributed by atoms with Crippen LogP contribution in [0.5, 0.6) is 5.75 Å². The Morgan fingerprint density at radius 2 is 1.37 bits per heavy atom. The highest BCUT2D eigenvalue weighted by molar-refractivity contribution is 5.93. The van der Waals surface area contributed by atoms with Crippen LogP contribution in [0, 0.1) is 0 Å². The van der Waals surface area contributed by atoms with E-state index in [2.05, 4.69) is 31.4 Å². The molecule has 2 aromatic rings. The van der Waals surface area contributed by atoms with Crippen molar-refractivity contribution in [3.8, 4) is 5.75 Å². The number of amides is 2. The molecule has 2 N–H and O–H groups in total.